The van der Waals surface area contributed by atoms with Gasteiger partial charge in [0.2, 0.25) is 5.91 Å². The minimum absolute atomic E-state index is 0.0160. The molecule has 2 aromatic carbocycles. The first kappa shape index (κ1) is 24.4. The molecule has 37 heavy (non-hydrogen) atoms. The van der Waals surface area contributed by atoms with Gasteiger partial charge in [-0.05, 0) is 37.6 Å². The van der Waals surface area contributed by atoms with Crippen molar-refractivity contribution in [2.75, 3.05) is 23.8 Å². The molecule has 0 bridgehead atoms. The van der Waals surface area contributed by atoms with E-state index in [4.69, 9.17) is 10.5 Å². The predicted molar refractivity (Wildman–Crippen MR) is 137 cm³/mol. The molecule has 12 heteroatoms. The zero-order valence-corrected chi connectivity index (χ0v) is 20.4. The molecular formula is C25H27FN8O3. The lowest BCUT2D eigenvalue weighted by Crippen LogP contribution is -2.31. The first-order valence-corrected chi connectivity index (χ1v) is 11.9. The van der Waals surface area contributed by atoms with E-state index in [9.17, 15) is 14.0 Å². The van der Waals surface area contributed by atoms with Crippen LogP contribution in [0, 0.1) is 5.82 Å². The average molecular weight is 507 g/mol. The van der Waals surface area contributed by atoms with Crippen LogP contribution in [0.5, 0.6) is 6.01 Å². The first-order valence-electron chi connectivity index (χ1n) is 11.9. The number of hydrogen-bond donors (Lipinski definition) is 4. The van der Waals surface area contributed by atoms with Gasteiger partial charge in [-0.25, -0.2) is 9.37 Å². The Hall–Kier alpha value is -4.32. The summed E-state index contributed by atoms with van der Waals surface area (Å²) < 4.78 is 21.8. The van der Waals surface area contributed by atoms with Crippen LogP contribution in [0.3, 0.4) is 0 Å². The number of hydrogen-bond acceptors (Lipinski definition) is 8. The normalized spacial score (nSPS) is 16.1. The number of aryl methyl sites for hydroxylation is 1. The van der Waals surface area contributed by atoms with Gasteiger partial charge in [0.25, 0.3) is 5.91 Å². The first-order chi connectivity index (χ1) is 17.8. The molecule has 5 N–H and O–H groups in total. The number of nitrogens with two attached hydrogens (primary N) is 1. The Balaban J connectivity index is 1.46. The number of halogens is 1. The molecule has 5 rings (SSSR count). The number of fused-ring (bicyclic) bond motifs is 2. The molecule has 0 radical (unpaired) electrons. The van der Waals surface area contributed by atoms with Gasteiger partial charge < -0.3 is 26.4 Å². The smallest absolute Gasteiger partial charge is 0.317 e. The van der Waals surface area contributed by atoms with Crippen LogP contribution in [0.1, 0.15) is 30.1 Å². The van der Waals surface area contributed by atoms with E-state index in [1.54, 1.807) is 37.6 Å². The quantitative estimate of drug-likeness (QED) is 0.284. The van der Waals surface area contributed by atoms with Gasteiger partial charge in [0.1, 0.15) is 12.1 Å². The van der Waals surface area contributed by atoms with E-state index in [0.717, 1.165) is 0 Å². The maximum Gasteiger partial charge on any atom is 0.317 e. The van der Waals surface area contributed by atoms with Crippen molar-refractivity contribution >= 4 is 45.0 Å². The number of aromatic nitrogens is 4. The summed E-state index contributed by atoms with van der Waals surface area (Å²) in [4.78, 5) is 33.6. The highest BCUT2D eigenvalue weighted by atomic mass is 19.1. The Labute approximate surface area is 211 Å². The van der Waals surface area contributed by atoms with E-state index >= 15 is 0 Å². The Morgan fingerprint density at radius 1 is 1.35 bits per heavy atom. The molecule has 2 amide bonds. The highest BCUT2D eigenvalue weighted by Gasteiger charge is 2.22. The van der Waals surface area contributed by atoms with E-state index in [2.05, 4.69) is 31.0 Å². The van der Waals surface area contributed by atoms with E-state index in [0.29, 0.717) is 41.4 Å². The third-order valence-electron chi connectivity index (χ3n) is 6.02. The molecule has 1 aliphatic rings. The van der Waals surface area contributed by atoms with Crippen molar-refractivity contribution < 1.29 is 18.7 Å². The van der Waals surface area contributed by atoms with Gasteiger partial charge in [-0.1, -0.05) is 0 Å². The Morgan fingerprint density at radius 3 is 2.95 bits per heavy atom. The van der Waals surface area contributed by atoms with Gasteiger partial charge in [-0.15, -0.1) is 0 Å². The monoisotopic (exact) mass is 506 g/mol. The standard InChI is InChI=1S/C25H27FN8O3/c1-13(27)9-28-20-5-4-17(24(36)31-16-7-14-11-34(2)33-22(14)19(26)8-16)23-18(20)10-29-25(32-23)37-12-15-3-6-21(35)30-15/h4-5,7-8,10-11,13,15,28H,3,6,9,12,27H2,1-2H3,(H,30,35)(H,31,36)/t13-,15?/m0/s1. The minimum atomic E-state index is -0.536. The summed E-state index contributed by atoms with van der Waals surface area (Å²) in [5, 5.41) is 14.1. The topological polar surface area (TPSA) is 149 Å². The van der Waals surface area contributed by atoms with Crippen molar-refractivity contribution in [1.82, 2.24) is 25.1 Å². The van der Waals surface area contributed by atoms with Crippen LogP contribution in [-0.4, -0.2) is 56.8 Å². The van der Waals surface area contributed by atoms with Crippen molar-refractivity contribution in [1.29, 1.82) is 0 Å². The second-order valence-corrected chi connectivity index (χ2v) is 9.20. The SMILES string of the molecule is C[C@H](N)CNc1ccc(C(=O)Nc2cc(F)c3nn(C)cc3c2)c2nc(OCC3CCC(=O)N3)ncc12. The van der Waals surface area contributed by atoms with Gasteiger partial charge in [0.15, 0.2) is 5.82 Å². The fourth-order valence-electron chi connectivity index (χ4n) is 4.24. The fourth-order valence-corrected chi connectivity index (χ4v) is 4.24. The molecule has 1 fully saturated rings. The van der Waals surface area contributed by atoms with Gasteiger partial charge in [-0.2, -0.15) is 10.1 Å². The van der Waals surface area contributed by atoms with Crippen LogP contribution in [-0.2, 0) is 11.8 Å². The summed E-state index contributed by atoms with van der Waals surface area (Å²) >= 11 is 0. The number of nitrogens with one attached hydrogen (secondary N) is 3. The fraction of sp³-hybridized carbons (Fsp3) is 0.320. The second kappa shape index (κ2) is 9.97. The van der Waals surface area contributed by atoms with Crippen LogP contribution >= 0.6 is 0 Å². The third-order valence-corrected chi connectivity index (χ3v) is 6.02. The second-order valence-electron chi connectivity index (χ2n) is 9.20. The van der Waals surface area contributed by atoms with Crippen molar-refractivity contribution in [2.45, 2.75) is 31.8 Å². The van der Waals surface area contributed by atoms with Crippen molar-refractivity contribution in [3.05, 3.63) is 48.0 Å². The molecule has 1 aliphatic heterocycles. The molecule has 2 atom stereocenters. The molecule has 1 saturated heterocycles. The van der Waals surface area contributed by atoms with E-state index in [1.807, 2.05) is 6.92 Å². The Kier molecular flexibility index (Phi) is 6.57. The van der Waals surface area contributed by atoms with Crippen molar-refractivity contribution in [2.24, 2.45) is 12.8 Å². The van der Waals surface area contributed by atoms with Crippen LogP contribution in [0.25, 0.3) is 21.8 Å². The van der Waals surface area contributed by atoms with Gasteiger partial charge in [-0.3, -0.25) is 14.3 Å². The summed E-state index contributed by atoms with van der Waals surface area (Å²) in [5.41, 5.74) is 7.73. The largest absolute Gasteiger partial charge is 0.461 e. The number of amides is 2. The lowest BCUT2D eigenvalue weighted by atomic mass is 10.1. The van der Waals surface area contributed by atoms with Crippen LogP contribution in [0.15, 0.2) is 36.7 Å². The van der Waals surface area contributed by atoms with Gasteiger partial charge in [0.05, 0.1) is 17.1 Å². The lowest BCUT2D eigenvalue weighted by Gasteiger charge is -2.15. The molecule has 0 spiro atoms. The number of rotatable bonds is 8. The summed E-state index contributed by atoms with van der Waals surface area (Å²) in [6, 6.07) is 6.13. The zero-order valence-electron chi connectivity index (χ0n) is 20.4. The minimum Gasteiger partial charge on any atom is -0.461 e. The average Bonchev–Trinajstić information content (AvgIpc) is 3.45. The molecule has 3 heterocycles. The molecule has 192 valence electrons. The summed E-state index contributed by atoms with van der Waals surface area (Å²) in [6.07, 6.45) is 4.37. The third kappa shape index (κ3) is 5.28. The maximum absolute atomic E-state index is 14.5. The van der Waals surface area contributed by atoms with Crippen LogP contribution < -0.4 is 26.4 Å². The number of ether oxygens (including phenoxy) is 1. The van der Waals surface area contributed by atoms with E-state index < -0.39 is 11.7 Å². The molecule has 0 aliphatic carbocycles. The molecule has 0 saturated carbocycles. The van der Waals surface area contributed by atoms with Crippen LogP contribution in [0.2, 0.25) is 0 Å². The molecule has 4 aromatic rings. The molecule has 1 unspecified atom stereocenters. The van der Waals surface area contributed by atoms with Crippen molar-refractivity contribution in [3.8, 4) is 6.01 Å². The molecule has 2 aromatic heterocycles. The van der Waals surface area contributed by atoms with Gasteiger partial charge in [0, 0.05) is 60.6 Å². The lowest BCUT2D eigenvalue weighted by molar-refractivity contribution is -0.119. The number of benzene rings is 2. The highest BCUT2D eigenvalue weighted by Crippen LogP contribution is 2.28. The highest BCUT2D eigenvalue weighted by molar-refractivity contribution is 6.14. The zero-order chi connectivity index (χ0) is 26.1. The molecular weight excluding hydrogens is 479 g/mol. The van der Waals surface area contributed by atoms with Crippen molar-refractivity contribution in [3.63, 3.8) is 0 Å². The number of carbonyl (C=O) groups is 2. The van der Waals surface area contributed by atoms with E-state index in [-0.39, 0.29) is 47.4 Å². The number of nitrogens with zero attached hydrogens (tertiary/aromatic N) is 4. The van der Waals surface area contributed by atoms with E-state index in [1.165, 1.54) is 10.7 Å². The Morgan fingerprint density at radius 2 is 2.19 bits per heavy atom. The summed E-state index contributed by atoms with van der Waals surface area (Å²) in [6.45, 7) is 2.59. The summed E-state index contributed by atoms with van der Waals surface area (Å²) in [7, 11) is 1.70. The van der Waals surface area contributed by atoms with Crippen LogP contribution in [0.4, 0.5) is 15.8 Å². The Bertz CT molecular complexity index is 1500. The number of anilines is 2. The van der Waals surface area contributed by atoms with Gasteiger partial charge >= 0.3 is 6.01 Å². The predicted octanol–water partition coefficient (Wildman–Crippen LogP) is 2.32. The summed E-state index contributed by atoms with van der Waals surface area (Å²) in [5.74, 6) is -1.03. The number of carbonyl (C=O) groups excluding carboxylic acids is 2. The molecule has 11 nitrogen and oxygen atoms in total. The maximum atomic E-state index is 14.5.